The largest absolute Gasteiger partial charge is 0.350 e. The number of pyridine rings is 1. The summed E-state index contributed by atoms with van der Waals surface area (Å²) in [5, 5.41) is 3.47. The maximum atomic E-state index is 5.51. The molecule has 4 heteroatoms. The number of aromatic nitrogens is 1. The molecule has 0 aromatic carbocycles. The van der Waals surface area contributed by atoms with Gasteiger partial charge in [-0.1, -0.05) is 6.92 Å². The fraction of sp³-hybridized carbons (Fsp3) is 0.615. The van der Waals surface area contributed by atoms with E-state index in [9.17, 15) is 0 Å². The molecule has 0 spiro atoms. The molecule has 1 aliphatic rings. The molecule has 0 aliphatic carbocycles. The zero-order valence-electron chi connectivity index (χ0n) is 10.5. The summed E-state index contributed by atoms with van der Waals surface area (Å²) in [6.45, 7) is 6.55. The molecule has 1 fully saturated rings. The van der Waals surface area contributed by atoms with Gasteiger partial charge < -0.3 is 14.8 Å². The van der Waals surface area contributed by atoms with Crippen molar-refractivity contribution in [2.24, 2.45) is 0 Å². The minimum atomic E-state index is -0.0846. The third-order valence-corrected chi connectivity index (χ3v) is 3.02. The molecular formula is C13H20N2O2. The molecule has 4 nitrogen and oxygen atoms in total. The van der Waals surface area contributed by atoms with E-state index in [1.807, 2.05) is 18.5 Å². The minimum absolute atomic E-state index is 0.0846. The Bertz CT molecular complexity index is 351. The van der Waals surface area contributed by atoms with Crippen LogP contribution in [0.5, 0.6) is 0 Å². The van der Waals surface area contributed by atoms with Crippen LogP contribution in [0, 0.1) is 6.92 Å². The fourth-order valence-electron chi connectivity index (χ4n) is 2.14. The quantitative estimate of drug-likeness (QED) is 0.846. The molecule has 2 heterocycles. The molecule has 1 aliphatic heterocycles. The molecule has 0 saturated carbocycles. The van der Waals surface area contributed by atoms with Crippen LogP contribution in [0.1, 0.15) is 30.5 Å². The van der Waals surface area contributed by atoms with Crippen molar-refractivity contribution in [2.45, 2.75) is 32.6 Å². The van der Waals surface area contributed by atoms with Gasteiger partial charge in [0, 0.05) is 24.9 Å². The lowest BCUT2D eigenvalue weighted by molar-refractivity contribution is -0.0529. The average molecular weight is 236 g/mol. The lowest BCUT2D eigenvalue weighted by Crippen LogP contribution is -2.26. The summed E-state index contributed by atoms with van der Waals surface area (Å²) >= 11 is 0. The van der Waals surface area contributed by atoms with Crippen molar-refractivity contribution in [2.75, 3.05) is 19.8 Å². The molecule has 1 aromatic heterocycles. The Hall–Kier alpha value is -0.970. The van der Waals surface area contributed by atoms with Gasteiger partial charge in [-0.25, -0.2) is 0 Å². The van der Waals surface area contributed by atoms with Crippen LogP contribution in [0.4, 0.5) is 0 Å². The number of hydrogen-bond acceptors (Lipinski definition) is 4. The van der Waals surface area contributed by atoms with Crippen LogP contribution in [-0.4, -0.2) is 31.0 Å². The van der Waals surface area contributed by atoms with Crippen LogP contribution in [-0.2, 0) is 9.47 Å². The van der Waals surface area contributed by atoms with Gasteiger partial charge in [0.25, 0.3) is 0 Å². The van der Waals surface area contributed by atoms with Crippen molar-refractivity contribution in [3.8, 4) is 0 Å². The topological polar surface area (TPSA) is 43.4 Å². The average Bonchev–Trinajstić information content (AvgIpc) is 2.82. The Morgan fingerprint density at radius 1 is 1.47 bits per heavy atom. The normalized spacial score (nSPS) is 18.5. The van der Waals surface area contributed by atoms with E-state index in [1.54, 1.807) is 0 Å². The van der Waals surface area contributed by atoms with E-state index in [2.05, 4.69) is 24.1 Å². The molecule has 17 heavy (non-hydrogen) atoms. The molecule has 0 radical (unpaired) electrons. The van der Waals surface area contributed by atoms with E-state index in [-0.39, 0.29) is 12.3 Å². The summed E-state index contributed by atoms with van der Waals surface area (Å²) in [4.78, 5) is 4.20. The van der Waals surface area contributed by atoms with E-state index in [0.717, 1.165) is 13.0 Å². The van der Waals surface area contributed by atoms with E-state index >= 15 is 0 Å². The predicted octanol–water partition coefficient (Wildman–Crippen LogP) is 1.80. The van der Waals surface area contributed by atoms with E-state index in [4.69, 9.17) is 9.47 Å². The molecule has 1 atom stereocenters. The predicted molar refractivity (Wildman–Crippen MR) is 65.7 cm³/mol. The molecular weight excluding hydrogens is 216 g/mol. The monoisotopic (exact) mass is 236 g/mol. The SMILES string of the molecule is CCNC(CC1OCCO1)c1cnccc1C. The van der Waals surface area contributed by atoms with Crippen molar-refractivity contribution in [1.29, 1.82) is 0 Å². The van der Waals surface area contributed by atoms with Crippen LogP contribution >= 0.6 is 0 Å². The molecule has 0 amide bonds. The molecule has 1 unspecified atom stereocenters. The van der Waals surface area contributed by atoms with Gasteiger partial charge in [-0.2, -0.15) is 0 Å². The molecule has 2 rings (SSSR count). The first kappa shape index (κ1) is 12.5. The van der Waals surface area contributed by atoms with Gasteiger partial charge >= 0.3 is 0 Å². The van der Waals surface area contributed by atoms with Crippen molar-refractivity contribution < 1.29 is 9.47 Å². The van der Waals surface area contributed by atoms with Crippen molar-refractivity contribution in [1.82, 2.24) is 10.3 Å². The Labute approximate surface area is 102 Å². The Kier molecular flexibility index (Phi) is 4.48. The highest BCUT2D eigenvalue weighted by Gasteiger charge is 2.23. The van der Waals surface area contributed by atoms with E-state index < -0.39 is 0 Å². The lowest BCUT2D eigenvalue weighted by Gasteiger charge is -2.22. The van der Waals surface area contributed by atoms with Crippen LogP contribution in [0.3, 0.4) is 0 Å². The zero-order chi connectivity index (χ0) is 12.1. The molecule has 94 valence electrons. The highest BCUT2D eigenvalue weighted by Crippen LogP contribution is 2.24. The summed E-state index contributed by atoms with van der Waals surface area (Å²) < 4.78 is 11.0. The number of hydrogen-bond donors (Lipinski definition) is 1. The number of nitrogens with zero attached hydrogens (tertiary/aromatic N) is 1. The molecule has 1 N–H and O–H groups in total. The maximum absolute atomic E-state index is 5.51. The van der Waals surface area contributed by atoms with Crippen LogP contribution in [0.15, 0.2) is 18.5 Å². The molecule has 1 aromatic rings. The summed E-state index contributed by atoms with van der Waals surface area (Å²) in [6.07, 6.45) is 4.50. The number of rotatable bonds is 5. The Morgan fingerprint density at radius 2 is 2.24 bits per heavy atom. The first-order valence-electron chi connectivity index (χ1n) is 6.18. The second-order valence-electron chi connectivity index (χ2n) is 4.25. The summed E-state index contributed by atoms with van der Waals surface area (Å²) in [5.41, 5.74) is 2.48. The van der Waals surface area contributed by atoms with Crippen LogP contribution in [0.2, 0.25) is 0 Å². The fourth-order valence-corrected chi connectivity index (χ4v) is 2.14. The third-order valence-electron chi connectivity index (χ3n) is 3.02. The lowest BCUT2D eigenvalue weighted by atomic mass is 10.0. The van der Waals surface area contributed by atoms with E-state index in [0.29, 0.717) is 13.2 Å². The van der Waals surface area contributed by atoms with Gasteiger partial charge in [0.2, 0.25) is 0 Å². The zero-order valence-corrected chi connectivity index (χ0v) is 10.5. The molecule has 0 bridgehead atoms. The Morgan fingerprint density at radius 3 is 2.88 bits per heavy atom. The molecule has 1 saturated heterocycles. The smallest absolute Gasteiger partial charge is 0.159 e. The second-order valence-corrected chi connectivity index (χ2v) is 4.25. The highest BCUT2D eigenvalue weighted by molar-refractivity contribution is 5.25. The van der Waals surface area contributed by atoms with Gasteiger partial charge in [0.1, 0.15) is 0 Å². The summed E-state index contributed by atoms with van der Waals surface area (Å²) in [5.74, 6) is 0. The summed E-state index contributed by atoms with van der Waals surface area (Å²) in [7, 11) is 0. The first-order valence-corrected chi connectivity index (χ1v) is 6.18. The maximum Gasteiger partial charge on any atom is 0.159 e. The van der Waals surface area contributed by atoms with Crippen LogP contribution in [0.25, 0.3) is 0 Å². The summed E-state index contributed by atoms with van der Waals surface area (Å²) in [6, 6.07) is 2.28. The number of nitrogens with one attached hydrogen (secondary N) is 1. The van der Waals surface area contributed by atoms with Gasteiger partial charge in [-0.05, 0) is 30.7 Å². The standard InChI is InChI=1S/C13H20N2O2/c1-3-15-12(8-13-16-6-7-17-13)11-9-14-5-4-10(11)2/h4-5,9,12-13,15H,3,6-8H2,1-2H3. The second kappa shape index (κ2) is 6.10. The first-order chi connectivity index (χ1) is 8.31. The number of ether oxygens (including phenoxy) is 2. The van der Waals surface area contributed by atoms with Gasteiger partial charge in [-0.15, -0.1) is 0 Å². The van der Waals surface area contributed by atoms with Crippen molar-refractivity contribution in [3.05, 3.63) is 29.6 Å². The van der Waals surface area contributed by atoms with Gasteiger partial charge in [0.15, 0.2) is 6.29 Å². The number of aryl methyl sites for hydroxylation is 1. The van der Waals surface area contributed by atoms with Gasteiger partial charge in [-0.3, -0.25) is 4.98 Å². The van der Waals surface area contributed by atoms with Crippen molar-refractivity contribution >= 4 is 0 Å². The van der Waals surface area contributed by atoms with Crippen LogP contribution < -0.4 is 5.32 Å². The third kappa shape index (κ3) is 3.25. The highest BCUT2D eigenvalue weighted by atomic mass is 16.7. The van der Waals surface area contributed by atoms with E-state index in [1.165, 1.54) is 11.1 Å². The van der Waals surface area contributed by atoms with Crippen molar-refractivity contribution in [3.63, 3.8) is 0 Å². The minimum Gasteiger partial charge on any atom is -0.350 e. The Balaban J connectivity index is 2.08. The van der Waals surface area contributed by atoms with Gasteiger partial charge in [0.05, 0.1) is 13.2 Å².